The van der Waals surface area contributed by atoms with Crippen LogP contribution in [0.3, 0.4) is 0 Å². The van der Waals surface area contributed by atoms with Gasteiger partial charge in [-0.2, -0.15) is 5.10 Å². The van der Waals surface area contributed by atoms with E-state index in [-0.39, 0.29) is 17.9 Å². The second kappa shape index (κ2) is 10.4. The molecule has 2 aromatic heterocycles. The second-order valence-corrected chi connectivity index (χ2v) is 9.43. The van der Waals surface area contributed by atoms with E-state index in [0.717, 1.165) is 47.0 Å². The first-order valence-corrected chi connectivity index (χ1v) is 12.1. The number of morpholine rings is 1. The summed E-state index contributed by atoms with van der Waals surface area (Å²) in [6, 6.07) is 10.0. The van der Waals surface area contributed by atoms with E-state index in [0.29, 0.717) is 19.0 Å². The van der Waals surface area contributed by atoms with Crippen molar-refractivity contribution in [3.63, 3.8) is 0 Å². The van der Waals surface area contributed by atoms with Gasteiger partial charge in [0.1, 0.15) is 11.3 Å². The third-order valence-electron chi connectivity index (χ3n) is 6.27. The number of rotatable bonds is 7. The van der Waals surface area contributed by atoms with Crippen molar-refractivity contribution < 1.29 is 9.53 Å². The average molecular weight is 478 g/mol. The maximum atomic E-state index is 11.9. The van der Waals surface area contributed by atoms with E-state index in [2.05, 4.69) is 53.6 Å². The lowest BCUT2D eigenvalue weighted by Gasteiger charge is -2.29. The Balaban J connectivity index is 1.78. The molecule has 1 atom stereocenters. The molecule has 1 aromatic carbocycles. The summed E-state index contributed by atoms with van der Waals surface area (Å²) in [6.45, 7) is 12.6. The molecule has 0 radical (unpaired) electrons. The molecule has 186 valence electrons. The van der Waals surface area contributed by atoms with E-state index in [1.54, 1.807) is 0 Å². The van der Waals surface area contributed by atoms with Crippen LogP contribution in [-0.2, 0) is 16.6 Å². The summed E-state index contributed by atoms with van der Waals surface area (Å²) in [5.41, 5.74) is 8.82. The first kappa shape index (κ1) is 24.7. The molecule has 1 fully saturated rings. The third-order valence-corrected chi connectivity index (χ3v) is 6.27. The van der Waals surface area contributed by atoms with Crippen LogP contribution in [0.2, 0.25) is 0 Å². The Bertz CT molecular complexity index is 1240. The fourth-order valence-corrected chi connectivity index (χ4v) is 4.36. The number of ether oxygens (including phenoxy) is 1. The number of benzene rings is 1. The zero-order valence-corrected chi connectivity index (χ0v) is 21.4. The molecule has 9 nitrogen and oxygen atoms in total. The Kier molecular flexibility index (Phi) is 7.35. The van der Waals surface area contributed by atoms with Gasteiger partial charge in [0.25, 0.3) is 0 Å². The lowest BCUT2D eigenvalue weighted by molar-refractivity contribution is -0.120. The molecular formula is C26H35N7O2. The summed E-state index contributed by atoms with van der Waals surface area (Å²) < 4.78 is 7.55. The molecule has 1 aliphatic heterocycles. The molecule has 0 aliphatic carbocycles. The average Bonchev–Trinajstić information content (AvgIpc) is 3.16. The van der Waals surface area contributed by atoms with E-state index in [9.17, 15) is 4.79 Å². The molecule has 0 unspecified atom stereocenters. The summed E-state index contributed by atoms with van der Waals surface area (Å²) in [5, 5.41) is 7.66. The van der Waals surface area contributed by atoms with E-state index < -0.39 is 0 Å². The highest BCUT2D eigenvalue weighted by Crippen LogP contribution is 2.32. The fourth-order valence-electron chi connectivity index (χ4n) is 4.36. The zero-order chi connectivity index (χ0) is 25.1. The number of anilines is 2. The molecule has 4 rings (SSSR count). The number of imidazole rings is 1. The Morgan fingerprint density at radius 1 is 1.14 bits per heavy atom. The smallest absolute Gasteiger partial charge is 0.217 e. The van der Waals surface area contributed by atoms with Crippen molar-refractivity contribution in [1.82, 2.24) is 19.9 Å². The Morgan fingerprint density at radius 3 is 2.54 bits per heavy atom. The molecule has 1 saturated heterocycles. The van der Waals surface area contributed by atoms with E-state index in [4.69, 9.17) is 14.7 Å². The van der Waals surface area contributed by atoms with Gasteiger partial charge in [-0.3, -0.25) is 10.2 Å². The topological polar surface area (TPSA) is 96.7 Å². The zero-order valence-electron chi connectivity index (χ0n) is 21.4. The Morgan fingerprint density at radius 2 is 1.89 bits per heavy atom. The number of nitrogens with zero attached hydrogens (tertiary/aromatic N) is 5. The van der Waals surface area contributed by atoms with Crippen LogP contribution in [0.15, 0.2) is 35.4 Å². The van der Waals surface area contributed by atoms with E-state index in [1.807, 2.05) is 36.7 Å². The first-order valence-electron chi connectivity index (χ1n) is 12.1. The van der Waals surface area contributed by atoms with Gasteiger partial charge in [0.2, 0.25) is 5.91 Å². The van der Waals surface area contributed by atoms with Crippen LogP contribution in [0.1, 0.15) is 50.7 Å². The number of aryl methyl sites for hydroxylation is 2. The maximum absolute atomic E-state index is 11.9. The third kappa shape index (κ3) is 5.45. The molecule has 0 bridgehead atoms. The van der Waals surface area contributed by atoms with Crippen LogP contribution in [-0.4, -0.2) is 52.5 Å². The standard InChI is InChI=1S/C26H35N7O2/c1-16(2)23(27-19(5)34)25-29-24-21(33-10-12-35-13-11-33)15-22(28-26(24)32(25)6)31-30-18(4)20-9-7-8-17(3)14-20/h7-9,14-16,23H,10-13H2,1-6H3,(H,27,34)(H,28,31)/b30-18+/t23-/m1/s1. The van der Waals surface area contributed by atoms with Gasteiger partial charge in [0, 0.05) is 33.1 Å². The summed E-state index contributed by atoms with van der Waals surface area (Å²) >= 11 is 0. The van der Waals surface area contributed by atoms with Gasteiger partial charge in [-0.25, -0.2) is 9.97 Å². The van der Waals surface area contributed by atoms with E-state index >= 15 is 0 Å². The molecular weight excluding hydrogens is 442 g/mol. The minimum atomic E-state index is -0.220. The second-order valence-electron chi connectivity index (χ2n) is 9.43. The lowest BCUT2D eigenvalue weighted by atomic mass is 10.0. The number of nitrogens with one attached hydrogen (secondary N) is 2. The number of hydrazone groups is 1. The highest BCUT2D eigenvalue weighted by Gasteiger charge is 2.26. The van der Waals surface area contributed by atoms with Crippen LogP contribution in [0.25, 0.3) is 11.2 Å². The number of hydrogen-bond acceptors (Lipinski definition) is 7. The fraction of sp³-hybridized carbons (Fsp3) is 0.462. The van der Waals surface area contributed by atoms with Crippen LogP contribution in [0.5, 0.6) is 0 Å². The van der Waals surface area contributed by atoms with Crippen molar-refractivity contribution in [2.45, 2.75) is 40.7 Å². The molecule has 3 heterocycles. The quantitative estimate of drug-likeness (QED) is 0.397. The first-order chi connectivity index (χ1) is 16.7. The Hall–Kier alpha value is -3.46. The largest absolute Gasteiger partial charge is 0.378 e. The molecule has 3 aromatic rings. The number of amides is 1. The summed E-state index contributed by atoms with van der Waals surface area (Å²) in [5.74, 6) is 1.51. The number of hydrogen-bond donors (Lipinski definition) is 2. The van der Waals surface area contributed by atoms with Gasteiger partial charge < -0.3 is 19.5 Å². The summed E-state index contributed by atoms with van der Waals surface area (Å²) in [7, 11) is 1.95. The predicted octanol–water partition coefficient (Wildman–Crippen LogP) is 3.78. The normalized spacial score (nSPS) is 15.5. The van der Waals surface area contributed by atoms with E-state index in [1.165, 1.54) is 12.5 Å². The molecule has 0 spiro atoms. The molecule has 35 heavy (non-hydrogen) atoms. The number of pyridine rings is 1. The van der Waals surface area contributed by atoms with Gasteiger partial charge in [-0.1, -0.05) is 43.7 Å². The van der Waals surface area contributed by atoms with Gasteiger partial charge >= 0.3 is 0 Å². The number of carbonyl (C=O) groups is 1. The summed E-state index contributed by atoms with van der Waals surface area (Å²) in [4.78, 5) is 24.0. The van der Waals surface area contributed by atoms with Crippen molar-refractivity contribution in [1.29, 1.82) is 0 Å². The maximum Gasteiger partial charge on any atom is 0.217 e. The summed E-state index contributed by atoms with van der Waals surface area (Å²) in [6.07, 6.45) is 0. The van der Waals surface area contributed by atoms with Gasteiger partial charge in [-0.05, 0) is 25.3 Å². The van der Waals surface area contributed by atoms with Crippen molar-refractivity contribution in [3.8, 4) is 0 Å². The van der Waals surface area contributed by atoms with Gasteiger partial charge in [0.15, 0.2) is 11.5 Å². The SMILES string of the molecule is CC(=O)N[C@@H](c1nc2c(N3CCOCC3)cc(N/N=C(\C)c3cccc(C)c3)nc2n1C)C(C)C. The van der Waals surface area contributed by atoms with Crippen molar-refractivity contribution in [3.05, 3.63) is 47.3 Å². The van der Waals surface area contributed by atoms with Crippen LogP contribution in [0.4, 0.5) is 11.5 Å². The molecule has 0 saturated carbocycles. The molecule has 9 heteroatoms. The minimum absolute atomic E-state index is 0.0829. The minimum Gasteiger partial charge on any atom is -0.378 e. The molecule has 1 amide bonds. The van der Waals surface area contributed by atoms with Crippen LogP contribution < -0.4 is 15.6 Å². The van der Waals surface area contributed by atoms with Crippen molar-refractivity contribution in [2.24, 2.45) is 18.1 Å². The highest BCUT2D eigenvalue weighted by atomic mass is 16.5. The van der Waals surface area contributed by atoms with Crippen LogP contribution >= 0.6 is 0 Å². The number of fused-ring (bicyclic) bond motifs is 1. The van der Waals surface area contributed by atoms with Gasteiger partial charge in [-0.15, -0.1) is 0 Å². The van der Waals surface area contributed by atoms with Crippen molar-refractivity contribution in [2.75, 3.05) is 36.6 Å². The van der Waals surface area contributed by atoms with Gasteiger partial charge in [0.05, 0.1) is 30.7 Å². The molecule has 1 aliphatic rings. The van der Waals surface area contributed by atoms with Crippen LogP contribution in [0, 0.1) is 12.8 Å². The monoisotopic (exact) mass is 477 g/mol. The highest BCUT2D eigenvalue weighted by molar-refractivity contribution is 5.99. The molecule has 2 N–H and O–H groups in total. The predicted molar refractivity (Wildman–Crippen MR) is 140 cm³/mol. The Labute approximate surface area is 206 Å². The lowest BCUT2D eigenvalue weighted by Crippen LogP contribution is -2.36. The number of carbonyl (C=O) groups excluding carboxylic acids is 1. The van der Waals surface area contributed by atoms with Crippen molar-refractivity contribution >= 4 is 34.3 Å². The number of aromatic nitrogens is 3.